The number of anilines is 1. The number of rotatable bonds is 7. The van der Waals surface area contributed by atoms with Crippen molar-refractivity contribution >= 4 is 68.1 Å². The van der Waals surface area contributed by atoms with E-state index in [0.29, 0.717) is 30.3 Å². The first kappa shape index (κ1) is 25.7. The number of hydrogen-bond donors (Lipinski definition) is 2. The fourth-order valence-corrected chi connectivity index (χ4v) is 4.52. The Morgan fingerprint density at radius 2 is 1.72 bits per heavy atom. The number of amides is 4. The smallest absolute Gasteiger partial charge is 0.335 e. The molecule has 0 saturated carbocycles. The molecule has 4 rings (SSSR count). The molecule has 184 valence electrons. The van der Waals surface area contributed by atoms with Crippen LogP contribution in [-0.2, 0) is 16.2 Å². The highest BCUT2D eigenvalue weighted by Gasteiger charge is 2.36. The molecule has 1 heterocycles. The minimum Gasteiger partial charge on any atom is -0.508 e. The molecule has 1 aliphatic heterocycles. The summed E-state index contributed by atoms with van der Waals surface area (Å²) in [6.07, 6.45) is 1.40. The van der Waals surface area contributed by atoms with Gasteiger partial charge in [-0.15, -0.1) is 0 Å². The molecule has 1 fully saturated rings. The van der Waals surface area contributed by atoms with Gasteiger partial charge in [-0.3, -0.25) is 14.9 Å². The molecule has 1 saturated heterocycles. The van der Waals surface area contributed by atoms with E-state index in [0.717, 1.165) is 18.5 Å². The van der Waals surface area contributed by atoms with Crippen LogP contribution >= 0.6 is 38.5 Å². The van der Waals surface area contributed by atoms with Crippen molar-refractivity contribution in [2.75, 3.05) is 11.5 Å². The van der Waals surface area contributed by atoms with Crippen LogP contribution in [-0.4, -0.2) is 29.6 Å². The van der Waals surface area contributed by atoms with Gasteiger partial charge in [0.15, 0.2) is 11.5 Å². The summed E-state index contributed by atoms with van der Waals surface area (Å²) in [7, 11) is 0. The Balaban J connectivity index is 1.65. The number of barbiturate groups is 1. The quantitative estimate of drug-likeness (QED) is 0.199. The molecule has 8 nitrogen and oxygen atoms in total. The predicted molar refractivity (Wildman–Crippen MR) is 146 cm³/mol. The third-order valence-electron chi connectivity index (χ3n) is 5.15. The first-order valence-corrected chi connectivity index (χ1v) is 12.7. The van der Waals surface area contributed by atoms with E-state index in [1.807, 2.05) is 31.2 Å². The molecule has 0 aliphatic carbocycles. The number of ether oxygens (including phenoxy) is 2. The maximum atomic E-state index is 13.1. The Morgan fingerprint density at radius 1 is 1.03 bits per heavy atom. The molecule has 2 N–H and O–H groups in total. The maximum Gasteiger partial charge on any atom is 0.335 e. The van der Waals surface area contributed by atoms with Gasteiger partial charge < -0.3 is 14.6 Å². The Kier molecular flexibility index (Phi) is 7.94. The monoisotopic (exact) mass is 662 g/mol. The largest absolute Gasteiger partial charge is 0.508 e. The van der Waals surface area contributed by atoms with Gasteiger partial charge in [-0.25, -0.2) is 9.69 Å². The van der Waals surface area contributed by atoms with Crippen molar-refractivity contribution in [3.05, 3.63) is 85.4 Å². The highest BCUT2D eigenvalue weighted by Crippen LogP contribution is 2.36. The number of phenols is 1. The highest BCUT2D eigenvalue weighted by atomic mass is 127. The molecule has 0 radical (unpaired) electrons. The lowest BCUT2D eigenvalue weighted by Gasteiger charge is -2.26. The minimum absolute atomic E-state index is 0.0177. The van der Waals surface area contributed by atoms with Crippen LogP contribution in [0.3, 0.4) is 0 Å². The van der Waals surface area contributed by atoms with E-state index in [-0.39, 0.29) is 17.0 Å². The lowest BCUT2D eigenvalue weighted by molar-refractivity contribution is -0.122. The second kappa shape index (κ2) is 11.1. The lowest BCUT2D eigenvalue weighted by atomic mass is 10.1. The first-order chi connectivity index (χ1) is 17.3. The fraction of sp³-hybridized carbons (Fsp3) is 0.115. The molecule has 36 heavy (non-hydrogen) atoms. The molecule has 1 aliphatic rings. The number of nitrogens with zero attached hydrogens (tertiary/aromatic N) is 1. The molecule has 10 heteroatoms. The van der Waals surface area contributed by atoms with E-state index >= 15 is 0 Å². The minimum atomic E-state index is -0.867. The van der Waals surface area contributed by atoms with Gasteiger partial charge in [0.2, 0.25) is 0 Å². The Labute approximate surface area is 229 Å². The van der Waals surface area contributed by atoms with Crippen LogP contribution < -0.4 is 19.7 Å². The van der Waals surface area contributed by atoms with Gasteiger partial charge in [0.05, 0.1) is 15.9 Å². The summed E-state index contributed by atoms with van der Waals surface area (Å²) in [5.41, 5.74) is 1.50. The second-order valence-corrected chi connectivity index (χ2v) is 9.73. The van der Waals surface area contributed by atoms with E-state index in [1.54, 1.807) is 12.1 Å². The zero-order chi connectivity index (χ0) is 25.8. The normalized spacial score (nSPS) is 14.7. The van der Waals surface area contributed by atoms with Crippen LogP contribution in [0, 0.1) is 3.57 Å². The topological polar surface area (TPSA) is 105 Å². The molecule has 3 aromatic rings. The number of carbonyl (C=O) groups is 3. The zero-order valence-corrected chi connectivity index (χ0v) is 22.7. The lowest BCUT2D eigenvalue weighted by Crippen LogP contribution is -2.54. The molecule has 0 unspecified atom stereocenters. The third-order valence-corrected chi connectivity index (χ3v) is 6.48. The summed E-state index contributed by atoms with van der Waals surface area (Å²) < 4.78 is 13.5. The summed E-state index contributed by atoms with van der Waals surface area (Å²) in [5, 5.41) is 11.7. The van der Waals surface area contributed by atoms with Crippen molar-refractivity contribution in [1.29, 1.82) is 0 Å². The van der Waals surface area contributed by atoms with Crippen molar-refractivity contribution in [1.82, 2.24) is 5.32 Å². The van der Waals surface area contributed by atoms with E-state index in [4.69, 9.17) is 9.47 Å². The SMILES string of the molecule is CCOc1cc(/C=C2\C(=O)NC(=O)N(c3ccc(O)cc3)C2=O)cc(I)c1OCc1ccc(Br)cc1. The predicted octanol–water partition coefficient (Wildman–Crippen LogP) is 5.40. The van der Waals surface area contributed by atoms with E-state index in [9.17, 15) is 19.5 Å². The van der Waals surface area contributed by atoms with Crippen molar-refractivity contribution in [2.45, 2.75) is 13.5 Å². The third kappa shape index (κ3) is 5.71. The van der Waals surface area contributed by atoms with Crippen LogP contribution in [0.4, 0.5) is 10.5 Å². The van der Waals surface area contributed by atoms with Crippen LogP contribution in [0.1, 0.15) is 18.1 Å². The van der Waals surface area contributed by atoms with E-state index in [2.05, 4.69) is 43.8 Å². The molecular weight excluding hydrogens is 643 g/mol. The highest BCUT2D eigenvalue weighted by molar-refractivity contribution is 14.1. The van der Waals surface area contributed by atoms with Crippen LogP contribution in [0.15, 0.2) is 70.7 Å². The van der Waals surface area contributed by atoms with Crippen LogP contribution in [0.25, 0.3) is 6.08 Å². The molecule has 0 aromatic heterocycles. The first-order valence-electron chi connectivity index (χ1n) is 10.8. The van der Waals surface area contributed by atoms with Gasteiger partial charge in [0.1, 0.15) is 17.9 Å². The van der Waals surface area contributed by atoms with Gasteiger partial charge in [-0.05, 0) is 95.2 Å². The summed E-state index contributed by atoms with van der Waals surface area (Å²) in [4.78, 5) is 38.9. The maximum absolute atomic E-state index is 13.1. The summed E-state index contributed by atoms with van der Waals surface area (Å²) >= 11 is 5.52. The number of benzene rings is 3. The molecule has 4 amide bonds. The summed E-state index contributed by atoms with van der Waals surface area (Å²) in [5.74, 6) is -0.594. The van der Waals surface area contributed by atoms with Gasteiger partial charge in [0, 0.05) is 4.47 Å². The zero-order valence-electron chi connectivity index (χ0n) is 19.0. The van der Waals surface area contributed by atoms with Gasteiger partial charge >= 0.3 is 6.03 Å². The number of urea groups is 1. The van der Waals surface area contributed by atoms with Crippen LogP contribution in [0.5, 0.6) is 17.2 Å². The van der Waals surface area contributed by atoms with Crippen molar-refractivity contribution in [2.24, 2.45) is 0 Å². The number of nitrogens with one attached hydrogen (secondary N) is 1. The van der Waals surface area contributed by atoms with Gasteiger partial charge in [0.25, 0.3) is 11.8 Å². The number of phenolic OH excluding ortho intramolecular Hbond substituents is 1. The van der Waals surface area contributed by atoms with Crippen molar-refractivity contribution < 1.29 is 29.0 Å². The number of halogens is 2. The molecule has 3 aromatic carbocycles. The number of carbonyl (C=O) groups excluding carboxylic acids is 3. The molecule has 0 bridgehead atoms. The van der Waals surface area contributed by atoms with Crippen molar-refractivity contribution in [3.8, 4) is 17.2 Å². The Hall–Kier alpha value is -3.38. The average molecular weight is 663 g/mol. The van der Waals surface area contributed by atoms with Crippen LogP contribution in [0.2, 0.25) is 0 Å². The number of aromatic hydroxyl groups is 1. The Bertz CT molecular complexity index is 1360. The number of hydrogen-bond acceptors (Lipinski definition) is 6. The summed E-state index contributed by atoms with van der Waals surface area (Å²) in [6.45, 7) is 2.55. The molecule has 0 spiro atoms. The van der Waals surface area contributed by atoms with Gasteiger partial charge in [-0.2, -0.15) is 0 Å². The van der Waals surface area contributed by atoms with Gasteiger partial charge in [-0.1, -0.05) is 28.1 Å². The second-order valence-electron chi connectivity index (χ2n) is 7.65. The molecular formula is C26H20BrIN2O6. The Morgan fingerprint density at radius 3 is 2.39 bits per heavy atom. The fourth-order valence-electron chi connectivity index (χ4n) is 3.47. The standard InChI is InChI=1S/C26H20BrIN2O6/c1-2-35-22-13-16(12-21(28)23(22)36-14-15-3-5-17(27)6-4-15)11-20-24(32)29-26(34)30(25(20)33)18-7-9-19(31)10-8-18/h3-13,31H,2,14H2,1H3,(H,29,32,34)/b20-11+. The summed E-state index contributed by atoms with van der Waals surface area (Å²) in [6, 6.07) is 15.8. The van der Waals surface area contributed by atoms with E-state index in [1.165, 1.54) is 30.3 Å². The number of imide groups is 2. The van der Waals surface area contributed by atoms with Crippen molar-refractivity contribution in [3.63, 3.8) is 0 Å². The average Bonchev–Trinajstić information content (AvgIpc) is 2.83. The molecule has 0 atom stereocenters. The van der Waals surface area contributed by atoms with E-state index < -0.39 is 17.8 Å².